The summed E-state index contributed by atoms with van der Waals surface area (Å²) in [6, 6.07) is 8.31. The molecule has 0 aliphatic heterocycles. The van der Waals surface area contributed by atoms with Gasteiger partial charge in [-0.15, -0.1) is 0 Å². The van der Waals surface area contributed by atoms with Crippen molar-refractivity contribution in [2.24, 2.45) is 0 Å². The van der Waals surface area contributed by atoms with Crippen LogP contribution in [0.2, 0.25) is 0 Å². The second kappa shape index (κ2) is 7.23. The number of rotatable bonds is 6. The maximum Gasteiger partial charge on any atom is 0.222 e. The Bertz CT molecular complexity index is 608. The lowest BCUT2D eigenvalue weighted by molar-refractivity contribution is 0.454. The number of hydrogen-bond donors (Lipinski definition) is 1. The Balaban J connectivity index is 2.10. The van der Waals surface area contributed by atoms with Gasteiger partial charge in [-0.1, -0.05) is 24.6 Å². The van der Waals surface area contributed by atoms with E-state index in [1.165, 1.54) is 11.1 Å². The molecule has 0 unspecified atom stereocenters. The summed E-state index contributed by atoms with van der Waals surface area (Å²) in [6.45, 7) is 10.2. The van der Waals surface area contributed by atoms with Crippen LogP contribution in [0, 0.1) is 20.8 Å². The Morgan fingerprint density at radius 3 is 2.57 bits per heavy atom. The van der Waals surface area contributed by atoms with Gasteiger partial charge in [0.2, 0.25) is 5.88 Å². The highest BCUT2D eigenvalue weighted by Crippen LogP contribution is 2.26. The number of aryl methyl sites for hydroxylation is 3. The topological polar surface area (TPSA) is 34.2 Å². The molecule has 0 atom stereocenters. The van der Waals surface area contributed by atoms with E-state index < -0.39 is 0 Å². The first-order valence-electron chi connectivity index (χ1n) is 7.51. The third-order valence-corrected chi connectivity index (χ3v) is 3.38. The van der Waals surface area contributed by atoms with Crippen molar-refractivity contribution in [1.29, 1.82) is 0 Å². The summed E-state index contributed by atoms with van der Waals surface area (Å²) in [5.74, 6) is 1.55. The lowest BCUT2D eigenvalue weighted by Gasteiger charge is -2.12. The standard InChI is InChI=1S/C18H24N2O/c1-5-8-19-11-16-10-15(4)18(20-12-16)21-17-7-6-13(2)9-14(17)3/h6-7,9-10,12,19H,5,8,11H2,1-4H3. The molecule has 1 heterocycles. The molecule has 0 aliphatic carbocycles. The molecule has 0 bridgehead atoms. The number of nitrogens with one attached hydrogen (secondary N) is 1. The second-order valence-corrected chi connectivity index (χ2v) is 5.51. The summed E-state index contributed by atoms with van der Waals surface area (Å²) in [7, 11) is 0. The van der Waals surface area contributed by atoms with Gasteiger partial charge in [-0.05, 0) is 57.0 Å². The minimum Gasteiger partial charge on any atom is -0.438 e. The fourth-order valence-corrected chi connectivity index (χ4v) is 2.25. The van der Waals surface area contributed by atoms with Gasteiger partial charge in [0.25, 0.3) is 0 Å². The molecule has 0 fully saturated rings. The van der Waals surface area contributed by atoms with Gasteiger partial charge in [-0.3, -0.25) is 0 Å². The molecule has 0 saturated heterocycles. The van der Waals surface area contributed by atoms with Crippen LogP contribution in [0.4, 0.5) is 0 Å². The number of ether oxygens (including phenoxy) is 1. The Morgan fingerprint density at radius 2 is 1.90 bits per heavy atom. The lowest BCUT2D eigenvalue weighted by Crippen LogP contribution is -2.14. The van der Waals surface area contributed by atoms with E-state index in [2.05, 4.69) is 49.3 Å². The van der Waals surface area contributed by atoms with Gasteiger partial charge in [0.05, 0.1) is 0 Å². The molecule has 0 aliphatic rings. The van der Waals surface area contributed by atoms with Crippen molar-refractivity contribution in [2.45, 2.75) is 40.7 Å². The molecule has 2 rings (SSSR count). The first-order valence-corrected chi connectivity index (χ1v) is 7.51. The Kier molecular flexibility index (Phi) is 5.34. The molecule has 1 aromatic heterocycles. The van der Waals surface area contributed by atoms with Gasteiger partial charge in [0.1, 0.15) is 5.75 Å². The smallest absolute Gasteiger partial charge is 0.222 e. The van der Waals surface area contributed by atoms with Crippen molar-refractivity contribution >= 4 is 0 Å². The summed E-state index contributed by atoms with van der Waals surface area (Å²) in [6.07, 6.45) is 3.02. The van der Waals surface area contributed by atoms with Crippen LogP contribution in [0.25, 0.3) is 0 Å². The van der Waals surface area contributed by atoms with Gasteiger partial charge >= 0.3 is 0 Å². The number of pyridine rings is 1. The van der Waals surface area contributed by atoms with E-state index in [0.717, 1.165) is 36.4 Å². The maximum absolute atomic E-state index is 5.94. The molecule has 0 amide bonds. The zero-order valence-corrected chi connectivity index (χ0v) is 13.4. The van der Waals surface area contributed by atoms with Crippen molar-refractivity contribution in [2.75, 3.05) is 6.54 Å². The largest absolute Gasteiger partial charge is 0.438 e. The first kappa shape index (κ1) is 15.5. The molecule has 2 aromatic rings. The SMILES string of the molecule is CCCNCc1cnc(Oc2ccc(C)cc2C)c(C)c1. The molecule has 21 heavy (non-hydrogen) atoms. The number of hydrogen-bond acceptors (Lipinski definition) is 3. The van der Waals surface area contributed by atoms with Crippen LogP contribution in [0.3, 0.4) is 0 Å². The molecule has 0 radical (unpaired) electrons. The van der Waals surface area contributed by atoms with Gasteiger partial charge in [-0.25, -0.2) is 4.98 Å². The average Bonchev–Trinajstić information content (AvgIpc) is 2.44. The second-order valence-electron chi connectivity index (χ2n) is 5.51. The minimum absolute atomic E-state index is 0.682. The van der Waals surface area contributed by atoms with Crippen LogP contribution in [0.15, 0.2) is 30.5 Å². The predicted molar refractivity (Wildman–Crippen MR) is 87.0 cm³/mol. The van der Waals surface area contributed by atoms with Gasteiger partial charge < -0.3 is 10.1 Å². The van der Waals surface area contributed by atoms with Gasteiger partial charge in [0.15, 0.2) is 0 Å². The maximum atomic E-state index is 5.94. The summed E-state index contributed by atoms with van der Waals surface area (Å²) in [4.78, 5) is 4.45. The molecule has 0 saturated carbocycles. The zero-order valence-electron chi connectivity index (χ0n) is 13.4. The highest BCUT2D eigenvalue weighted by atomic mass is 16.5. The van der Waals surface area contributed by atoms with Crippen LogP contribution in [-0.4, -0.2) is 11.5 Å². The third kappa shape index (κ3) is 4.30. The van der Waals surface area contributed by atoms with Crippen LogP contribution >= 0.6 is 0 Å². The third-order valence-electron chi connectivity index (χ3n) is 3.38. The molecule has 112 valence electrons. The predicted octanol–water partition coefficient (Wildman–Crippen LogP) is 4.30. The molecular weight excluding hydrogens is 260 g/mol. The lowest BCUT2D eigenvalue weighted by atomic mass is 10.1. The quantitative estimate of drug-likeness (QED) is 0.803. The molecule has 1 aromatic carbocycles. The first-order chi connectivity index (χ1) is 10.1. The van der Waals surface area contributed by atoms with Gasteiger partial charge in [0, 0.05) is 18.3 Å². The number of nitrogens with zero attached hydrogens (tertiary/aromatic N) is 1. The monoisotopic (exact) mass is 284 g/mol. The molecule has 1 N–H and O–H groups in total. The van der Waals surface area contributed by atoms with Crippen molar-refractivity contribution in [3.05, 3.63) is 52.7 Å². The van der Waals surface area contributed by atoms with Crippen LogP contribution in [-0.2, 0) is 6.54 Å². The fourth-order valence-electron chi connectivity index (χ4n) is 2.25. The van der Waals surface area contributed by atoms with Crippen LogP contribution < -0.4 is 10.1 Å². The van der Waals surface area contributed by atoms with Crippen molar-refractivity contribution in [3.8, 4) is 11.6 Å². The van der Waals surface area contributed by atoms with E-state index in [0.29, 0.717) is 5.88 Å². The number of aromatic nitrogens is 1. The highest BCUT2D eigenvalue weighted by molar-refractivity contribution is 5.40. The summed E-state index contributed by atoms with van der Waals surface area (Å²) in [5, 5.41) is 3.38. The highest BCUT2D eigenvalue weighted by Gasteiger charge is 2.07. The minimum atomic E-state index is 0.682. The molecule has 0 spiro atoms. The van der Waals surface area contributed by atoms with E-state index in [-0.39, 0.29) is 0 Å². The molecular formula is C18H24N2O. The average molecular weight is 284 g/mol. The van der Waals surface area contributed by atoms with E-state index >= 15 is 0 Å². The normalized spacial score (nSPS) is 10.7. The van der Waals surface area contributed by atoms with E-state index in [4.69, 9.17) is 4.74 Å². The Labute approximate surface area is 127 Å². The van der Waals surface area contributed by atoms with Crippen LogP contribution in [0.5, 0.6) is 11.6 Å². The van der Waals surface area contributed by atoms with Crippen LogP contribution in [0.1, 0.15) is 35.6 Å². The summed E-state index contributed by atoms with van der Waals surface area (Å²) in [5.41, 5.74) is 4.62. The van der Waals surface area contributed by atoms with E-state index in [1.54, 1.807) is 0 Å². The molecule has 3 heteroatoms. The number of benzene rings is 1. The van der Waals surface area contributed by atoms with Gasteiger partial charge in [-0.2, -0.15) is 0 Å². The van der Waals surface area contributed by atoms with Crippen molar-refractivity contribution < 1.29 is 4.74 Å². The van der Waals surface area contributed by atoms with Crippen molar-refractivity contribution in [1.82, 2.24) is 10.3 Å². The molecule has 3 nitrogen and oxygen atoms in total. The van der Waals surface area contributed by atoms with E-state index in [1.807, 2.05) is 19.2 Å². The Hall–Kier alpha value is -1.87. The Morgan fingerprint density at radius 1 is 1.10 bits per heavy atom. The van der Waals surface area contributed by atoms with Crippen molar-refractivity contribution in [3.63, 3.8) is 0 Å². The summed E-state index contributed by atoms with van der Waals surface area (Å²) >= 11 is 0. The van der Waals surface area contributed by atoms with E-state index in [9.17, 15) is 0 Å². The summed E-state index contributed by atoms with van der Waals surface area (Å²) < 4.78 is 5.94. The zero-order chi connectivity index (χ0) is 15.2. The fraction of sp³-hybridized carbons (Fsp3) is 0.389.